The molecule has 0 radical (unpaired) electrons. The van der Waals surface area contributed by atoms with Crippen LogP contribution in [0.4, 0.5) is 4.79 Å². The third-order valence-electron chi connectivity index (χ3n) is 0.446. The van der Waals surface area contributed by atoms with Crippen LogP contribution in [0.2, 0.25) is 0 Å². The summed E-state index contributed by atoms with van der Waals surface area (Å²) in [5, 5.41) is 0. The van der Waals surface area contributed by atoms with Gasteiger partial charge in [-0.2, -0.15) is 0 Å². The second-order valence-corrected chi connectivity index (χ2v) is 1.37. The van der Waals surface area contributed by atoms with Crippen molar-refractivity contribution < 1.29 is 14.1 Å². The highest BCUT2D eigenvalue weighted by molar-refractivity contribution is 7.09. The number of carbonyl (C=O) groups is 1. The molecule has 0 aliphatic heterocycles. The maximum Gasteiger partial charge on any atom is 0.404 e. The van der Waals surface area contributed by atoms with Crippen LogP contribution in [0, 0.1) is 0 Å². The summed E-state index contributed by atoms with van der Waals surface area (Å²) in [6.07, 6.45) is -0.771. The smallest absolute Gasteiger partial charge is 0.404 e. The molecule has 0 bridgehead atoms. The minimum Gasteiger partial charge on any atom is -0.447 e. The van der Waals surface area contributed by atoms with Gasteiger partial charge in [-0.05, 0) is 0 Å². The molecule has 0 fully saturated rings. The zero-order valence-corrected chi connectivity index (χ0v) is 5.45. The van der Waals surface area contributed by atoms with Gasteiger partial charge < -0.3 is 15.0 Å². The molecule has 0 rings (SSSR count). The molecule has 0 aromatic carbocycles. The molecule has 2 N–H and O–H groups in total. The normalized spacial score (nSPS) is 8.62. The van der Waals surface area contributed by atoms with Gasteiger partial charge in [-0.3, -0.25) is 0 Å². The van der Waals surface area contributed by atoms with Gasteiger partial charge >= 0.3 is 6.09 Å². The highest BCUT2D eigenvalue weighted by atomic mass is 31.0. The molecule has 0 spiro atoms. The largest absolute Gasteiger partial charge is 0.447 e. The van der Waals surface area contributed by atoms with Crippen LogP contribution in [0.15, 0.2) is 0 Å². The SMILES string of the molecule is NC(=O)OCCOP. The van der Waals surface area contributed by atoms with E-state index in [2.05, 4.69) is 15.0 Å². The summed E-state index contributed by atoms with van der Waals surface area (Å²) >= 11 is 0. The number of amides is 1. The Labute approximate surface area is 49.6 Å². The molecule has 4 nitrogen and oxygen atoms in total. The molecule has 0 aromatic rings. The Morgan fingerprint density at radius 1 is 1.62 bits per heavy atom. The van der Waals surface area contributed by atoms with Crippen LogP contribution in [0.5, 0.6) is 0 Å². The molecule has 0 aliphatic rings. The standard InChI is InChI=1S/C3H8NO3P/c4-3(5)6-1-2-7-8/h1-2,8H2,(H2,4,5). The maximum absolute atomic E-state index is 9.81. The fourth-order valence-corrected chi connectivity index (χ4v) is 0.287. The lowest BCUT2D eigenvalue weighted by Crippen LogP contribution is -2.15. The van der Waals surface area contributed by atoms with E-state index in [1.54, 1.807) is 0 Å². The van der Waals surface area contributed by atoms with Crippen LogP contribution in [-0.4, -0.2) is 19.3 Å². The molecule has 8 heavy (non-hydrogen) atoms. The third-order valence-corrected chi connectivity index (χ3v) is 0.681. The number of rotatable bonds is 3. The summed E-state index contributed by atoms with van der Waals surface area (Å²) < 4.78 is 8.76. The minimum absolute atomic E-state index is 0.207. The molecule has 48 valence electrons. The summed E-state index contributed by atoms with van der Waals surface area (Å²) in [4.78, 5) is 9.81. The molecule has 1 unspecified atom stereocenters. The second-order valence-electron chi connectivity index (χ2n) is 1.04. The number of hydrogen-bond donors (Lipinski definition) is 1. The van der Waals surface area contributed by atoms with E-state index in [4.69, 9.17) is 0 Å². The Hall–Kier alpha value is -0.340. The summed E-state index contributed by atoms with van der Waals surface area (Å²) in [6, 6.07) is 0. The van der Waals surface area contributed by atoms with E-state index in [0.717, 1.165) is 0 Å². The quantitative estimate of drug-likeness (QED) is 0.436. The Morgan fingerprint density at radius 3 is 2.62 bits per heavy atom. The van der Waals surface area contributed by atoms with Crippen molar-refractivity contribution in [2.24, 2.45) is 5.73 Å². The highest BCUT2D eigenvalue weighted by Crippen LogP contribution is 1.83. The average Bonchev–Trinajstić information content (AvgIpc) is 1.66. The van der Waals surface area contributed by atoms with Crippen LogP contribution in [-0.2, 0) is 9.26 Å². The van der Waals surface area contributed by atoms with Crippen LogP contribution in [0.3, 0.4) is 0 Å². The van der Waals surface area contributed by atoms with Gasteiger partial charge in [-0.1, -0.05) is 0 Å². The van der Waals surface area contributed by atoms with Crippen LogP contribution in [0.25, 0.3) is 0 Å². The summed E-state index contributed by atoms with van der Waals surface area (Å²) in [7, 11) is 2.03. The van der Waals surface area contributed by atoms with Crippen molar-refractivity contribution in [1.29, 1.82) is 0 Å². The predicted octanol–water partition coefficient (Wildman–Crippen LogP) is -0.112. The highest BCUT2D eigenvalue weighted by Gasteiger charge is 1.89. The summed E-state index contributed by atoms with van der Waals surface area (Å²) in [6.45, 7) is 0.562. The van der Waals surface area contributed by atoms with Crippen molar-refractivity contribution in [3.63, 3.8) is 0 Å². The molecule has 0 heterocycles. The van der Waals surface area contributed by atoms with Gasteiger partial charge in [0.15, 0.2) is 0 Å². The maximum atomic E-state index is 9.81. The number of ether oxygens (including phenoxy) is 1. The lowest BCUT2D eigenvalue weighted by atomic mass is 10.8. The molecule has 5 heteroatoms. The van der Waals surface area contributed by atoms with Gasteiger partial charge in [-0.15, -0.1) is 0 Å². The predicted molar refractivity (Wildman–Crippen MR) is 31.2 cm³/mol. The molecule has 0 saturated heterocycles. The van der Waals surface area contributed by atoms with Crippen LogP contribution in [0.1, 0.15) is 0 Å². The van der Waals surface area contributed by atoms with Gasteiger partial charge in [0.1, 0.15) is 6.61 Å². The first-order valence-electron chi connectivity index (χ1n) is 2.01. The molecular weight excluding hydrogens is 129 g/mol. The Kier molecular flexibility index (Phi) is 4.61. The third kappa shape index (κ3) is 5.66. The fraction of sp³-hybridized carbons (Fsp3) is 0.667. The molecule has 0 saturated carbocycles. The van der Waals surface area contributed by atoms with E-state index in [9.17, 15) is 4.79 Å². The summed E-state index contributed by atoms with van der Waals surface area (Å²) in [5.74, 6) is 0. The lowest BCUT2D eigenvalue weighted by molar-refractivity contribution is 0.139. The Morgan fingerprint density at radius 2 is 2.25 bits per heavy atom. The van der Waals surface area contributed by atoms with Gasteiger partial charge in [0.25, 0.3) is 0 Å². The van der Waals surface area contributed by atoms with Gasteiger partial charge in [0.05, 0.1) is 6.61 Å². The topological polar surface area (TPSA) is 61.6 Å². The van der Waals surface area contributed by atoms with Crippen molar-refractivity contribution in [3.05, 3.63) is 0 Å². The minimum atomic E-state index is -0.771. The number of nitrogens with two attached hydrogens (primary N) is 1. The van der Waals surface area contributed by atoms with Gasteiger partial charge in [0.2, 0.25) is 0 Å². The molecule has 0 aliphatic carbocycles. The Bertz CT molecular complexity index is 76.9. The van der Waals surface area contributed by atoms with Crippen LogP contribution < -0.4 is 5.73 Å². The van der Waals surface area contributed by atoms with E-state index in [0.29, 0.717) is 6.61 Å². The van der Waals surface area contributed by atoms with Crippen molar-refractivity contribution in [2.75, 3.05) is 13.2 Å². The first kappa shape index (κ1) is 7.66. The number of primary amides is 1. The fourth-order valence-electron chi connectivity index (χ4n) is 0.190. The Balaban J connectivity index is 2.82. The van der Waals surface area contributed by atoms with Gasteiger partial charge in [0, 0.05) is 9.47 Å². The van der Waals surface area contributed by atoms with E-state index >= 15 is 0 Å². The average molecular weight is 137 g/mol. The zero-order chi connectivity index (χ0) is 6.41. The van der Waals surface area contributed by atoms with Crippen molar-refractivity contribution in [2.45, 2.75) is 0 Å². The van der Waals surface area contributed by atoms with E-state index in [1.807, 2.05) is 9.47 Å². The first-order valence-corrected chi connectivity index (χ1v) is 2.48. The van der Waals surface area contributed by atoms with E-state index < -0.39 is 6.09 Å². The van der Waals surface area contributed by atoms with Gasteiger partial charge in [-0.25, -0.2) is 4.79 Å². The monoisotopic (exact) mass is 137 g/mol. The van der Waals surface area contributed by atoms with Crippen molar-refractivity contribution >= 4 is 15.6 Å². The number of hydrogen-bond acceptors (Lipinski definition) is 3. The number of carbonyl (C=O) groups excluding carboxylic acids is 1. The van der Waals surface area contributed by atoms with Crippen molar-refractivity contribution in [1.82, 2.24) is 0 Å². The molecule has 1 amide bonds. The van der Waals surface area contributed by atoms with E-state index in [-0.39, 0.29) is 6.61 Å². The second kappa shape index (κ2) is 4.81. The lowest BCUT2D eigenvalue weighted by Gasteiger charge is -1.96. The van der Waals surface area contributed by atoms with Crippen molar-refractivity contribution in [3.8, 4) is 0 Å². The van der Waals surface area contributed by atoms with Crippen LogP contribution >= 0.6 is 9.47 Å². The molecule has 1 atom stereocenters. The molecular formula is C3H8NO3P. The summed E-state index contributed by atoms with van der Waals surface area (Å²) in [5.41, 5.74) is 4.61. The first-order chi connectivity index (χ1) is 3.77. The molecule has 0 aromatic heterocycles. The zero-order valence-electron chi connectivity index (χ0n) is 4.29. The van der Waals surface area contributed by atoms with E-state index in [1.165, 1.54) is 0 Å².